The highest BCUT2D eigenvalue weighted by Crippen LogP contribution is 2.41. The van der Waals surface area contributed by atoms with E-state index in [0.717, 1.165) is 111 Å². The van der Waals surface area contributed by atoms with E-state index in [1.165, 1.54) is 0 Å². The Morgan fingerprint density at radius 1 is 0.359 bits per heavy atom. The lowest BCUT2D eigenvalue weighted by atomic mass is 9.99. The summed E-state index contributed by atoms with van der Waals surface area (Å²) in [6, 6.07) is 75.6. The third kappa shape index (κ3) is 6.14. The van der Waals surface area contributed by atoms with Gasteiger partial charge in [0.15, 0.2) is 0 Å². The summed E-state index contributed by atoms with van der Waals surface area (Å²) in [7, 11) is 0. The molecule has 12 rings (SSSR count). The van der Waals surface area contributed by atoms with Crippen LogP contribution in [0.25, 0.3) is 111 Å². The standard InChI is InChI=1S/C58H36N6/c59-36-42-19-7-8-20-43(42)48-35-58(64-54-28-12-10-22-45(54)47-34-41(30-32-56(47)64)52-26-14-24-50(62-52)39-17-5-2-6-18-39)60-37-57(48)63-53-27-11-9-21-44(53)46-33-40(29-31-55(46)63)51-25-13-23-49(61-51)38-15-3-1-4-16-38/h1-35,37H. The molecule has 0 bridgehead atoms. The molecule has 0 amide bonds. The molecule has 0 radical (unpaired) electrons. The van der Waals surface area contributed by atoms with Crippen molar-refractivity contribution in [3.8, 4) is 73.7 Å². The fraction of sp³-hybridized carbons (Fsp3) is 0. The quantitative estimate of drug-likeness (QED) is 0.161. The van der Waals surface area contributed by atoms with Crippen LogP contribution in [-0.2, 0) is 0 Å². The van der Waals surface area contributed by atoms with Gasteiger partial charge in [0.2, 0.25) is 0 Å². The zero-order valence-electron chi connectivity index (χ0n) is 34.5. The Labute approximate surface area is 369 Å². The Morgan fingerprint density at radius 3 is 1.41 bits per heavy atom. The molecule has 0 atom stereocenters. The van der Waals surface area contributed by atoms with E-state index in [2.05, 4.69) is 167 Å². The van der Waals surface area contributed by atoms with Gasteiger partial charge in [-0.15, -0.1) is 0 Å². The first-order valence-corrected chi connectivity index (χ1v) is 21.3. The minimum Gasteiger partial charge on any atom is -0.307 e. The largest absolute Gasteiger partial charge is 0.307 e. The second kappa shape index (κ2) is 15.2. The molecule has 6 nitrogen and oxygen atoms in total. The van der Waals surface area contributed by atoms with E-state index >= 15 is 0 Å². The molecule has 0 saturated carbocycles. The normalized spacial score (nSPS) is 11.4. The van der Waals surface area contributed by atoms with Gasteiger partial charge in [-0.2, -0.15) is 5.26 Å². The molecular formula is C58H36N6. The Morgan fingerprint density at radius 2 is 0.828 bits per heavy atom. The van der Waals surface area contributed by atoms with Crippen LogP contribution in [0.4, 0.5) is 0 Å². The maximum atomic E-state index is 10.5. The van der Waals surface area contributed by atoms with Gasteiger partial charge in [0, 0.05) is 54.9 Å². The number of aromatic nitrogens is 5. The lowest BCUT2D eigenvalue weighted by Crippen LogP contribution is -2.04. The number of hydrogen-bond acceptors (Lipinski definition) is 4. The highest BCUT2D eigenvalue weighted by Gasteiger charge is 2.22. The van der Waals surface area contributed by atoms with Crippen LogP contribution in [0.3, 0.4) is 0 Å². The van der Waals surface area contributed by atoms with Crippen molar-refractivity contribution >= 4 is 43.6 Å². The summed E-state index contributed by atoms with van der Waals surface area (Å²) in [6.45, 7) is 0. The molecule has 64 heavy (non-hydrogen) atoms. The van der Waals surface area contributed by atoms with E-state index in [0.29, 0.717) is 5.56 Å². The Bertz CT molecular complexity index is 3800. The predicted octanol–water partition coefficient (Wildman–Crippen LogP) is 14.3. The molecule has 298 valence electrons. The van der Waals surface area contributed by atoms with Gasteiger partial charge in [-0.1, -0.05) is 140 Å². The lowest BCUT2D eigenvalue weighted by Gasteiger charge is -2.17. The van der Waals surface area contributed by atoms with Crippen LogP contribution < -0.4 is 0 Å². The van der Waals surface area contributed by atoms with Crippen LogP contribution in [0.1, 0.15) is 5.56 Å². The predicted molar refractivity (Wildman–Crippen MR) is 260 cm³/mol. The van der Waals surface area contributed by atoms with Gasteiger partial charge >= 0.3 is 0 Å². The maximum Gasteiger partial charge on any atom is 0.138 e. The molecule has 0 aliphatic heterocycles. The topological polar surface area (TPSA) is 72.3 Å². The molecule has 0 N–H and O–H groups in total. The summed E-state index contributed by atoms with van der Waals surface area (Å²) in [5.74, 6) is 0.752. The fourth-order valence-corrected chi connectivity index (χ4v) is 9.27. The van der Waals surface area contributed by atoms with Gasteiger partial charge in [0.25, 0.3) is 0 Å². The lowest BCUT2D eigenvalue weighted by molar-refractivity contribution is 1.06. The summed E-state index contributed by atoms with van der Waals surface area (Å²) in [5, 5.41) is 15.0. The fourth-order valence-electron chi connectivity index (χ4n) is 9.27. The number of rotatable bonds is 7. The van der Waals surface area contributed by atoms with Crippen molar-refractivity contribution in [1.29, 1.82) is 5.26 Å². The third-order valence-electron chi connectivity index (χ3n) is 12.3. The molecular weight excluding hydrogens is 781 g/mol. The SMILES string of the molecule is N#Cc1ccccc1-c1cc(-n2c3ccccc3c3cc(-c4cccc(-c5ccccc5)n4)ccc32)ncc1-n1c2ccccc2c2cc(-c3cccc(-c4ccccc4)n3)ccc21. The highest BCUT2D eigenvalue weighted by molar-refractivity contribution is 6.12. The van der Waals surface area contributed by atoms with Crippen molar-refractivity contribution in [3.63, 3.8) is 0 Å². The summed E-state index contributed by atoms with van der Waals surface area (Å²) < 4.78 is 4.52. The van der Waals surface area contributed by atoms with E-state index in [-0.39, 0.29) is 0 Å². The van der Waals surface area contributed by atoms with Crippen molar-refractivity contribution in [2.75, 3.05) is 0 Å². The van der Waals surface area contributed by atoms with Gasteiger partial charge in [-0.3, -0.25) is 4.57 Å². The summed E-state index contributed by atoms with van der Waals surface area (Å²) in [4.78, 5) is 15.5. The zero-order valence-corrected chi connectivity index (χ0v) is 34.5. The summed E-state index contributed by atoms with van der Waals surface area (Å²) in [5.41, 5.74) is 15.2. The second-order valence-corrected chi connectivity index (χ2v) is 15.9. The van der Waals surface area contributed by atoms with Gasteiger partial charge in [-0.25, -0.2) is 15.0 Å². The minimum atomic E-state index is 0.588. The van der Waals surface area contributed by atoms with Crippen LogP contribution >= 0.6 is 0 Å². The third-order valence-corrected chi connectivity index (χ3v) is 12.3. The Hall–Kier alpha value is -8.92. The van der Waals surface area contributed by atoms with E-state index < -0.39 is 0 Å². The Balaban J connectivity index is 1.04. The summed E-state index contributed by atoms with van der Waals surface area (Å²) in [6.07, 6.45) is 1.97. The number of para-hydroxylation sites is 2. The van der Waals surface area contributed by atoms with Crippen molar-refractivity contribution in [2.45, 2.75) is 0 Å². The number of nitriles is 1. The van der Waals surface area contributed by atoms with E-state index in [9.17, 15) is 5.26 Å². The number of pyridine rings is 3. The van der Waals surface area contributed by atoms with Gasteiger partial charge < -0.3 is 4.57 Å². The van der Waals surface area contributed by atoms with Crippen molar-refractivity contribution in [1.82, 2.24) is 24.1 Å². The van der Waals surface area contributed by atoms with E-state index in [1.54, 1.807) is 0 Å². The van der Waals surface area contributed by atoms with Crippen LogP contribution in [0.5, 0.6) is 0 Å². The second-order valence-electron chi connectivity index (χ2n) is 15.9. The molecule has 0 aliphatic rings. The van der Waals surface area contributed by atoms with Crippen LogP contribution in [0, 0.1) is 11.3 Å². The van der Waals surface area contributed by atoms with Crippen molar-refractivity contribution in [3.05, 3.63) is 224 Å². The average molecular weight is 817 g/mol. The zero-order chi connectivity index (χ0) is 42.6. The molecule has 0 unspecified atom stereocenters. The minimum absolute atomic E-state index is 0.588. The molecule has 0 saturated heterocycles. The first-order valence-electron chi connectivity index (χ1n) is 21.3. The molecule has 0 aliphatic carbocycles. The molecule has 5 aromatic heterocycles. The molecule has 5 heterocycles. The maximum absolute atomic E-state index is 10.5. The van der Waals surface area contributed by atoms with Crippen molar-refractivity contribution in [2.24, 2.45) is 0 Å². The van der Waals surface area contributed by atoms with Gasteiger partial charge in [-0.05, 0) is 72.8 Å². The molecule has 0 fully saturated rings. The van der Waals surface area contributed by atoms with Crippen molar-refractivity contribution < 1.29 is 0 Å². The smallest absolute Gasteiger partial charge is 0.138 e. The Kier molecular flexibility index (Phi) is 8.77. The molecule has 7 aromatic carbocycles. The van der Waals surface area contributed by atoms with Crippen LogP contribution in [-0.4, -0.2) is 24.1 Å². The molecule has 6 heteroatoms. The van der Waals surface area contributed by atoms with Gasteiger partial charge in [0.1, 0.15) is 5.82 Å². The highest BCUT2D eigenvalue weighted by atomic mass is 15.1. The van der Waals surface area contributed by atoms with Crippen LogP contribution in [0.15, 0.2) is 219 Å². The monoisotopic (exact) mass is 816 g/mol. The number of fused-ring (bicyclic) bond motifs is 6. The average Bonchev–Trinajstić information content (AvgIpc) is 3.89. The molecule has 0 spiro atoms. The van der Waals surface area contributed by atoms with Gasteiger partial charge in [0.05, 0.1) is 68.4 Å². The number of hydrogen-bond donors (Lipinski definition) is 0. The van der Waals surface area contributed by atoms with E-state index in [1.807, 2.05) is 66.9 Å². The molecule has 12 aromatic rings. The number of benzene rings is 7. The summed E-state index contributed by atoms with van der Waals surface area (Å²) >= 11 is 0. The first kappa shape index (κ1) is 36.9. The van der Waals surface area contributed by atoms with E-state index in [4.69, 9.17) is 15.0 Å². The number of nitrogens with zero attached hydrogens (tertiary/aromatic N) is 6. The first-order chi connectivity index (χ1) is 31.7. The van der Waals surface area contributed by atoms with Crippen LogP contribution in [0.2, 0.25) is 0 Å².